The van der Waals surface area contributed by atoms with Crippen LogP contribution in [0.25, 0.3) is 0 Å². The van der Waals surface area contributed by atoms with E-state index in [0.717, 1.165) is 11.8 Å². The third kappa shape index (κ3) is 1.77. The van der Waals surface area contributed by atoms with Gasteiger partial charge in [-0.25, -0.2) is 0 Å². The smallest absolute Gasteiger partial charge is 0.235 e. The summed E-state index contributed by atoms with van der Waals surface area (Å²) in [6.45, 7) is 0. The molecule has 7 heteroatoms. The summed E-state index contributed by atoms with van der Waals surface area (Å²) in [6.07, 6.45) is 0. The number of phenols is 2. The number of rotatable bonds is 2. The van der Waals surface area contributed by atoms with Crippen LogP contribution in [0.4, 0.5) is 0 Å². The first kappa shape index (κ1) is 8.82. The highest BCUT2D eigenvalue weighted by Gasteiger charge is 2.07. The number of tetrazole rings is 1. The summed E-state index contributed by atoms with van der Waals surface area (Å²) in [4.78, 5) is 0.478. The van der Waals surface area contributed by atoms with Crippen LogP contribution in [-0.4, -0.2) is 30.8 Å². The lowest BCUT2D eigenvalue weighted by atomic mass is 10.3. The van der Waals surface area contributed by atoms with Crippen LogP contribution < -0.4 is 0 Å². The molecule has 2 rings (SSSR count). The molecule has 0 saturated heterocycles. The molecule has 0 aliphatic carbocycles. The second-order valence-corrected chi connectivity index (χ2v) is 3.46. The fourth-order valence-electron chi connectivity index (χ4n) is 0.879. The van der Waals surface area contributed by atoms with Crippen molar-refractivity contribution in [3.63, 3.8) is 0 Å². The monoisotopic (exact) mass is 210 g/mol. The maximum atomic E-state index is 9.42. The number of hydrogen-bond acceptors (Lipinski definition) is 6. The Morgan fingerprint density at radius 3 is 2.86 bits per heavy atom. The molecule has 0 spiro atoms. The van der Waals surface area contributed by atoms with Gasteiger partial charge in [-0.1, -0.05) is 0 Å². The number of aromatic nitrogens is 4. The molecule has 0 atom stereocenters. The van der Waals surface area contributed by atoms with Crippen molar-refractivity contribution in [1.82, 2.24) is 20.6 Å². The highest BCUT2D eigenvalue weighted by molar-refractivity contribution is 7.99. The second kappa shape index (κ2) is 3.54. The zero-order chi connectivity index (χ0) is 9.97. The predicted molar refractivity (Wildman–Crippen MR) is 48.1 cm³/mol. The molecule has 1 aromatic carbocycles. The standard InChI is InChI=1S/C7H6N4O2S/c12-4-1-2-5(13)6(3-4)14-7-8-10-11-9-7/h1-3,12-13H,(H,8,9,10,11). The van der Waals surface area contributed by atoms with Gasteiger partial charge in [0.2, 0.25) is 5.16 Å². The molecule has 2 aromatic rings. The third-order valence-corrected chi connectivity index (χ3v) is 2.37. The Labute approximate surface area is 83.0 Å². The van der Waals surface area contributed by atoms with Crippen LogP contribution in [0, 0.1) is 0 Å². The van der Waals surface area contributed by atoms with Crippen LogP contribution in [0.3, 0.4) is 0 Å². The summed E-state index contributed by atoms with van der Waals surface area (Å²) in [5.41, 5.74) is 0. The lowest BCUT2D eigenvalue weighted by molar-refractivity contribution is 0.448. The fraction of sp³-hybridized carbons (Fsp3) is 0. The van der Waals surface area contributed by atoms with Gasteiger partial charge in [0.05, 0.1) is 4.90 Å². The van der Waals surface area contributed by atoms with Crippen molar-refractivity contribution < 1.29 is 10.2 Å². The van der Waals surface area contributed by atoms with Crippen molar-refractivity contribution in [1.29, 1.82) is 0 Å². The van der Waals surface area contributed by atoms with Crippen LogP contribution in [-0.2, 0) is 0 Å². The maximum Gasteiger partial charge on any atom is 0.235 e. The van der Waals surface area contributed by atoms with Gasteiger partial charge >= 0.3 is 0 Å². The van der Waals surface area contributed by atoms with E-state index in [9.17, 15) is 10.2 Å². The van der Waals surface area contributed by atoms with Crippen molar-refractivity contribution in [3.05, 3.63) is 18.2 Å². The summed E-state index contributed by atoms with van der Waals surface area (Å²) in [6, 6.07) is 4.23. The molecule has 0 fully saturated rings. The van der Waals surface area contributed by atoms with E-state index in [-0.39, 0.29) is 11.5 Å². The first-order chi connectivity index (χ1) is 6.75. The predicted octanol–water partition coefficient (Wildman–Crippen LogP) is 0.762. The summed E-state index contributed by atoms with van der Waals surface area (Å²) in [5, 5.41) is 32.0. The molecule has 0 aliphatic rings. The maximum absolute atomic E-state index is 9.42. The molecule has 1 heterocycles. The number of nitrogens with zero attached hydrogens (tertiary/aromatic N) is 3. The average Bonchev–Trinajstić information content (AvgIpc) is 2.64. The minimum Gasteiger partial charge on any atom is -0.508 e. The molecule has 0 radical (unpaired) electrons. The second-order valence-electron chi connectivity index (χ2n) is 2.45. The van der Waals surface area contributed by atoms with Gasteiger partial charge in [-0.3, -0.25) is 0 Å². The zero-order valence-electron chi connectivity index (χ0n) is 6.88. The van der Waals surface area contributed by atoms with Gasteiger partial charge in [0.1, 0.15) is 11.5 Å². The Balaban J connectivity index is 2.28. The number of benzene rings is 1. The van der Waals surface area contributed by atoms with Gasteiger partial charge in [0.25, 0.3) is 0 Å². The Bertz CT molecular complexity index is 431. The molecular weight excluding hydrogens is 204 g/mol. The lowest BCUT2D eigenvalue weighted by Crippen LogP contribution is -1.78. The summed E-state index contributed by atoms with van der Waals surface area (Å²) in [7, 11) is 0. The van der Waals surface area contributed by atoms with E-state index in [4.69, 9.17) is 0 Å². The largest absolute Gasteiger partial charge is 0.508 e. The number of hydrogen-bond donors (Lipinski definition) is 3. The van der Waals surface area contributed by atoms with Crippen molar-refractivity contribution in [2.24, 2.45) is 0 Å². The van der Waals surface area contributed by atoms with Crippen LogP contribution in [0.1, 0.15) is 0 Å². The van der Waals surface area contributed by atoms with Crippen LogP contribution in [0.2, 0.25) is 0 Å². The summed E-state index contributed by atoms with van der Waals surface area (Å²) < 4.78 is 0. The molecule has 0 aliphatic heterocycles. The fourth-order valence-corrected chi connectivity index (χ4v) is 1.60. The number of aromatic amines is 1. The van der Waals surface area contributed by atoms with E-state index in [2.05, 4.69) is 20.6 Å². The van der Waals surface area contributed by atoms with Gasteiger partial charge in [-0.05, 0) is 35.2 Å². The van der Waals surface area contributed by atoms with Crippen LogP contribution >= 0.6 is 11.8 Å². The molecule has 0 saturated carbocycles. The van der Waals surface area contributed by atoms with E-state index in [1.54, 1.807) is 0 Å². The number of H-pyrrole nitrogens is 1. The molecule has 72 valence electrons. The normalized spacial score (nSPS) is 10.3. The highest BCUT2D eigenvalue weighted by Crippen LogP contribution is 2.34. The molecule has 6 nitrogen and oxygen atoms in total. The van der Waals surface area contributed by atoms with Crippen LogP contribution in [0.5, 0.6) is 11.5 Å². The minimum atomic E-state index is 0.0672. The molecule has 0 unspecified atom stereocenters. The van der Waals surface area contributed by atoms with E-state index >= 15 is 0 Å². The van der Waals surface area contributed by atoms with Gasteiger partial charge in [-0.15, -0.1) is 10.2 Å². The molecule has 3 N–H and O–H groups in total. The molecular formula is C7H6N4O2S. The van der Waals surface area contributed by atoms with Crippen molar-refractivity contribution in [2.75, 3.05) is 0 Å². The van der Waals surface area contributed by atoms with E-state index in [1.165, 1.54) is 18.2 Å². The Morgan fingerprint density at radius 2 is 2.14 bits per heavy atom. The highest BCUT2D eigenvalue weighted by atomic mass is 32.2. The van der Waals surface area contributed by atoms with Gasteiger partial charge < -0.3 is 10.2 Å². The summed E-state index contributed by atoms with van der Waals surface area (Å²) >= 11 is 1.11. The molecule has 0 bridgehead atoms. The Hall–Kier alpha value is -1.76. The Morgan fingerprint density at radius 1 is 1.29 bits per heavy atom. The van der Waals surface area contributed by atoms with Crippen molar-refractivity contribution in [2.45, 2.75) is 10.1 Å². The minimum absolute atomic E-state index is 0.0672. The van der Waals surface area contributed by atoms with Gasteiger partial charge in [0.15, 0.2) is 0 Å². The topological polar surface area (TPSA) is 94.9 Å². The Kier molecular flexibility index (Phi) is 2.23. The van der Waals surface area contributed by atoms with Gasteiger partial charge in [-0.2, -0.15) is 5.21 Å². The van der Waals surface area contributed by atoms with Gasteiger partial charge in [0, 0.05) is 0 Å². The number of aromatic hydroxyl groups is 2. The SMILES string of the molecule is Oc1ccc(O)c(Sc2nn[nH]n2)c1. The van der Waals surface area contributed by atoms with E-state index in [0.29, 0.717) is 10.1 Å². The van der Waals surface area contributed by atoms with Crippen molar-refractivity contribution in [3.8, 4) is 11.5 Å². The first-order valence-corrected chi connectivity index (χ1v) is 4.50. The number of phenolic OH excluding ortho intramolecular Hbond substituents is 2. The van der Waals surface area contributed by atoms with Crippen molar-refractivity contribution >= 4 is 11.8 Å². The average molecular weight is 210 g/mol. The zero-order valence-corrected chi connectivity index (χ0v) is 7.69. The van der Waals surface area contributed by atoms with E-state index in [1.807, 2.05) is 0 Å². The third-order valence-electron chi connectivity index (χ3n) is 1.47. The van der Waals surface area contributed by atoms with Crippen LogP contribution in [0.15, 0.2) is 28.3 Å². The first-order valence-electron chi connectivity index (χ1n) is 3.69. The summed E-state index contributed by atoms with van der Waals surface area (Å²) in [5.74, 6) is 0.145. The molecule has 1 aromatic heterocycles. The number of nitrogens with one attached hydrogen (secondary N) is 1. The lowest BCUT2D eigenvalue weighted by Gasteiger charge is -2.00. The molecule has 14 heavy (non-hydrogen) atoms. The molecule has 0 amide bonds. The van der Waals surface area contributed by atoms with E-state index < -0.39 is 0 Å². The quantitative estimate of drug-likeness (QED) is 0.633.